The first kappa shape index (κ1) is 16.8. The van der Waals surface area contributed by atoms with E-state index in [-0.39, 0.29) is 5.91 Å². The molecule has 0 aliphatic carbocycles. The Labute approximate surface area is 148 Å². The summed E-state index contributed by atoms with van der Waals surface area (Å²) < 4.78 is 0. The third kappa shape index (κ3) is 4.73. The van der Waals surface area contributed by atoms with Gasteiger partial charge in [0.1, 0.15) is 0 Å². The maximum absolute atomic E-state index is 12.1. The number of rotatable bonds is 5. The lowest BCUT2D eigenvalue weighted by molar-refractivity contribution is -0.900. The van der Waals surface area contributed by atoms with Crippen molar-refractivity contribution in [3.8, 4) is 0 Å². The average Bonchev–Trinajstić information content (AvgIpc) is 2.61. The van der Waals surface area contributed by atoms with Gasteiger partial charge in [-0.3, -0.25) is 4.79 Å². The van der Waals surface area contributed by atoms with Gasteiger partial charge in [-0.25, -0.2) is 0 Å². The Kier molecular flexibility index (Phi) is 5.72. The molecule has 1 saturated heterocycles. The molecule has 2 aromatic carbocycles. The van der Waals surface area contributed by atoms with Crippen molar-refractivity contribution in [3.05, 3.63) is 59.6 Å². The molecule has 4 nitrogen and oxygen atoms in total. The predicted octanol–water partition coefficient (Wildman–Crippen LogP) is 2.07. The molecule has 2 N–H and O–H groups in total. The van der Waals surface area contributed by atoms with Crippen molar-refractivity contribution in [1.82, 2.24) is 0 Å². The fourth-order valence-electron chi connectivity index (χ4n) is 3.05. The van der Waals surface area contributed by atoms with Gasteiger partial charge in [0.15, 0.2) is 0 Å². The van der Waals surface area contributed by atoms with Crippen LogP contribution >= 0.6 is 11.6 Å². The van der Waals surface area contributed by atoms with Crippen LogP contribution in [0.2, 0.25) is 5.02 Å². The lowest BCUT2D eigenvalue weighted by Gasteiger charge is -2.33. The summed E-state index contributed by atoms with van der Waals surface area (Å²) in [6.07, 6.45) is 0.535. The monoisotopic (exact) mass is 344 g/mol. The lowest BCUT2D eigenvalue weighted by Crippen LogP contribution is -3.15. The number of para-hydroxylation sites is 1. The van der Waals surface area contributed by atoms with Crippen molar-refractivity contribution in [2.24, 2.45) is 0 Å². The Hall–Kier alpha value is -2.04. The number of nitrogens with one attached hydrogen (secondary N) is 2. The lowest BCUT2D eigenvalue weighted by atomic mass is 10.2. The number of anilines is 2. The normalized spacial score (nSPS) is 15.3. The molecule has 1 aliphatic rings. The van der Waals surface area contributed by atoms with E-state index < -0.39 is 0 Å². The quantitative estimate of drug-likeness (QED) is 0.871. The van der Waals surface area contributed by atoms with E-state index in [0.29, 0.717) is 11.4 Å². The summed E-state index contributed by atoms with van der Waals surface area (Å²) in [5.74, 6) is 0.0512. The van der Waals surface area contributed by atoms with E-state index in [4.69, 9.17) is 11.6 Å². The molecular formula is C19H23ClN3O+. The van der Waals surface area contributed by atoms with E-state index in [1.54, 1.807) is 12.1 Å². The van der Waals surface area contributed by atoms with E-state index in [1.807, 2.05) is 18.2 Å². The summed E-state index contributed by atoms with van der Waals surface area (Å²) in [7, 11) is 0. The summed E-state index contributed by atoms with van der Waals surface area (Å²) in [4.78, 5) is 16.0. The summed E-state index contributed by atoms with van der Waals surface area (Å²) >= 11 is 5.93. The molecule has 24 heavy (non-hydrogen) atoms. The van der Waals surface area contributed by atoms with Crippen molar-refractivity contribution >= 4 is 28.9 Å². The summed E-state index contributed by atoms with van der Waals surface area (Å²) in [6, 6.07) is 17.8. The molecule has 1 amide bonds. The van der Waals surface area contributed by atoms with E-state index in [0.717, 1.165) is 38.4 Å². The second-order valence-electron chi connectivity index (χ2n) is 6.13. The Morgan fingerprint density at radius 3 is 2.54 bits per heavy atom. The molecule has 1 heterocycles. The highest BCUT2D eigenvalue weighted by Gasteiger charge is 2.20. The van der Waals surface area contributed by atoms with E-state index >= 15 is 0 Å². The first-order valence-corrected chi connectivity index (χ1v) is 8.77. The van der Waals surface area contributed by atoms with Crippen LogP contribution in [-0.2, 0) is 4.79 Å². The number of carbonyl (C=O) groups excluding carboxylic acids is 1. The minimum absolute atomic E-state index is 0.0512. The number of benzene rings is 2. The van der Waals surface area contributed by atoms with Gasteiger partial charge >= 0.3 is 0 Å². The number of carbonyl (C=O) groups is 1. The van der Waals surface area contributed by atoms with Crippen LogP contribution in [-0.4, -0.2) is 38.6 Å². The van der Waals surface area contributed by atoms with Crippen LogP contribution in [0.1, 0.15) is 6.42 Å². The Morgan fingerprint density at radius 2 is 1.83 bits per heavy atom. The molecule has 3 rings (SSSR count). The van der Waals surface area contributed by atoms with Gasteiger partial charge in [0.05, 0.1) is 39.1 Å². The van der Waals surface area contributed by atoms with Crippen molar-refractivity contribution < 1.29 is 9.69 Å². The molecule has 0 aromatic heterocycles. The maximum Gasteiger partial charge on any atom is 0.230 e. The van der Waals surface area contributed by atoms with Crippen LogP contribution in [0, 0.1) is 0 Å². The number of hydrogen-bond donors (Lipinski definition) is 2. The van der Waals surface area contributed by atoms with Crippen LogP contribution in [0.3, 0.4) is 0 Å². The summed E-state index contributed by atoms with van der Waals surface area (Å²) in [6.45, 7) is 5.08. The van der Waals surface area contributed by atoms with Gasteiger partial charge in [0.2, 0.25) is 5.91 Å². The molecule has 2 aromatic rings. The first-order valence-electron chi connectivity index (χ1n) is 8.40. The molecule has 0 bridgehead atoms. The maximum atomic E-state index is 12.1. The fourth-order valence-corrected chi connectivity index (χ4v) is 3.24. The zero-order valence-corrected chi connectivity index (χ0v) is 14.4. The second-order valence-corrected chi connectivity index (χ2v) is 6.57. The highest BCUT2D eigenvalue weighted by molar-refractivity contribution is 6.30. The first-order chi connectivity index (χ1) is 11.7. The minimum atomic E-state index is 0.0512. The summed E-state index contributed by atoms with van der Waals surface area (Å²) in [5.41, 5.74) is 2.05. The van der Waals surface area contributed by atoms with Gasteiger partial charge in [-0.2, -0.15) is 0 Å². The highest BCUT2D eigenvalue weighted by Crippen LogP contribution is 2.15. The van der Waals surface area contributed by atoms with E-state index in [2.05, 4.69) is 34.5 Å². The molecule has 0 saturated carbocycles. The average molecular weight is 345 g/mol. The van der Waals surface area contributed by atoms with Crippen molar-refractivity contribution in [3.63, 3.8) is 0 Å². The third-order valence-electron chi connectivity index (χ3n) is 4.41. The van der Waals surface area contributed by atoms with Crippen LogP contribution in [0.25, 0.3) is 0 Å². The van der Waals surface area contributed by atoms with Crippen molar-refractivity contribution in [2.75, 3.05) is 42.9 Å². The Bertz CT molecular complexity index is 669. The van der Waals surface area contributed by atoms with Gasteiger partial charge in [0.25, 0.3) is 0 Å². The number of amides is 1. The molecule has 0 spiro atoms. The zero-order valence-electron chi connectivity index (χ0n) is 13.7. The van der Waals surface area contributed by atoms with Crippen LogP contribution in [0.5, 0.6) is 0 Å². The fraction of sp³-hybridized carbons (Fsp3) is 0.316. The molecule has 0 atom stereocenters. The number of piperazine rings is 1. The highest BCUT2D eigenvalue weighted by atomic mass is 35.5. The second kappa shape index (κ2) is 8.18. The van der Waals surface area contributed by atoms with Crippen molar-refractivity contribution in [1.29, 1.82) is 0 Å². The standard InChI is InChI=1S/C19H22ClN3O/c20-16-5-4-6-17(15-16)21-19(24)9-10-22-11-13-23(14-12-22)18-7-2-1-3-8-18/h1-8,15H,9-14H2,(H,21,24)/p+1. The number of halogens is 1. The molecule has 5 heteroatoms. The zero-order chi connectivity index (χ0) is 16.8. The SMILES string of the molecule is O=C(CC[NH+]1CCN(c2ccccc2)CC1)Nc1cccc(Cl)c1. The number of hydrogen-bond acceptors (Lipinski definition) is 2. The number of quaternary nitrogens is 1. The molecule has 1 fully saturated rings. The Morgan fingerprint density at radius 1 is 1.08 bits per heavy atom. The van der Waals surface area contributed by atoms with Gasteiger partial charge in [-0.15, -0.1) is 0 Å². The molecule has 126 valence electrons. The van der Waals surface area contributed by atoms with E-state index in [1.165, 1.54) is 10.6 Å². The van der Waals surface area contributed by atoms with E-state index in [9.17, 15) is 4.79 Å². The number of nitrogens with zero attached hydrogens (tertiary/aromatic N) is 1. The molecule has 0 unspecified atom stereocenters. The van der Waals surface area contributed by atoms with Gasteiger partial charge in [-0.1, -0.05) is 35.9 Å². The smallest absolute Gasteiger partial charge is 0.230 e. The molecular weight excluding hydrogens is 322 g/mol. The third-order valence-corrected chi connectivity index (χ3v) is 4.64. The van der Waals surface area contributed by atoms with Gasteiger partial charge in [-0.05, 0) is 30.3 Å². The largest absolute Gasteiger partial charge is 0.360 e. The van der Waals surface area contributed by atoms with Crippen LogP contribution < -0.4 is 15.1 Å². The van der Waals surface area contributed by atoms with Crippen molar-refractivity contribution in [2.45, 2.75) is 6.42 Å². The molecule has 0 radical (unpaired) electrons. The minimum Gasteiger partial charge on any atom is -0.360 e. The predicted molar refractivity (Wildman–Crippen MR) is 98.9 cm³/mol. The topological polar surface area (TPSA) is 36.8 Å². The van der Waals surface area contributed by atoms with Crippen LogP contribution in [0.4, 0.5) is 11.4 Å². The van der Waals surface area contributed by atoms with Gasteiger partial charge in [0, 0.05) is 16.4 Å². The molecule has 1 aliphatic heterocycles. The van der Waals surface area contributed by atoms with Crippen LogP contribution in [0.15, 0.2) is 54.6 Å². The Balaban J connectivity index is 1.41. The van der Waals surface area contributed by atoms with Gasteiger partial charge < -0.3 is 15.1 Å². The summed E-state index contributed by atoms with van der Waals surface area (Å²) in [5, 5.41) is 3.54.